The van der Waals surface area contributed by atoms with E-state index in [4.69, 9.17) is 10.5 Å². The summed E-state index contributed by atoms with van der Waals surface area (Å²) in [6.45, 7) is 4.71. The third-order valence-corrected chi connectivity index (χ3v) is 4.09. The molecule has 3 heteroatoms. The molecular formula is C17H21NOS. The Kier molecular flexibility index (Phi) is 5.10. The first-order valence-electron chi connectivity index (χ1n) is 6.79. The molecule has 0 aliphatic heterocycles. The van der Waals surface area contributed by atoms with Crippen molar-refractivity contribution in [2.45, 2.75) is 24.8 Å². The van der Waals surface area contributed by atoms with Crippen molar-refractivity contribution in [2.75, 3.05) is 12.9 Å². The number of hydrogen-bond donors (Lipinski definition) is 1. The Morgan fingerprint density at radius 1 is 1.15 bits per heavy atom. The number of rotatable bonds is 5. The van der Waals surface area contributed by atoms with Crippen molar-refractivity contribution >= 4 is 11.8 Å². The summed E-state index contributed by atoms with van der Waals surface area (Å²) in [6.07, 6.45) is 2.07. The van der Waals surface area contributed by atoms with Crippen LogP contribution in [0.5, 0.6) is 5.75 Å². The lowest BCUT2D eigenvalue weighted by atomic mass is 9.97. The van der Waals surface area contributed by atoms with Crippen molar-refractivity contribution in [1.82, 2.24) is 0 Å². The zero-order valence-electron chi connectivity index (χ0n) is 12.2. The van der Waals surface area contributed by atoms with Gasteiger partial charge in [0.15, 0.2) is 0 Å². The van der Waals surface area contributed by atoms with Gasteiger partial charge < -0.3 is 10.5 Å². The van der Waals surface area contributed by atoms with Gasteiger partial charge in [-0.15, -0.1) is 11.8 Å². The molecule has 0 aliphatic rings. The summed E-state index contributed by atoms with van der Waals surface area (Å²) in [7, 11) is 0. The van der Waals surface area contributed by atoms with E-state index in [1.807, 2.05) is 25.1 Å². The molecule has 0 aliphatic carbocycles. The van der Waals surface area contributed by atoms with Crippen LogP contribution in [0.1, 0.15) is 29.7 Å². The van der Waals surface area contributed by atoms with E-state index in [1.165, 1.54) is 10.5 Å². The molecule has 1 unspecified atom stereocenters. The van der Waals surface area contributed by atoms with Crippen LogP contribution < -0.4 is 10.5 Å². The fourth-order valence-electron chi connectivity index (χ4n) is 2.29. The summed E-state index contributed by atoms with van der Waals surface area (Å²) in [5, 5.41) is 0. The van der Waals surface area contributed by atoms with Crippen molar-refractivity contribution in [3.05, 3.63) is 59.2 Å². The fourth-order valence-corrected chi connectivity index (χ4v) is 2.93. The van der Waals surface area contributed by atoms with Gasteiger partial charge in [-0.1, -0.05) is 35.9 Å². The highest BCUT2D eigenvalue weighted by molar-refractivity contribution is 7.98. The molecule has 0 amide bonds. The standard InChI is InChI=1S/C17H21NOS/c1-4-19-15-10-9-12(2)11-14(15)17(18)13-7-5-6-8-16(13)20-3/h5-11,17H,4,18H2,1-3H3. The molecule has 0 fully saturated rings. The molecule has 0 saturated carbocycles. The molecule has 0 bridgehead atoms. The summed E-state index contributed by atoms with van der Waals surface area (Å²) in [5.41, 5.74) is 9.89. The highest BCUT2D eigenvalue weighted by Gasteiger charge is 2.17. The fraction of sp³-hybridized carbons (Fsp3) is 0.294. The van der Waals surface area contributed by atoms with E-state index >= 15 is 0 Å². The van der Waals surface area contributed by atoms with Gasteiger partial charge in [-0.05, 0) is 37.8 Å². The van der Waals surface area contributed by atoms with Gasteiger partial charge in [-0.3, -0.25) is 0 Å². The Morgan fingerprint density at radius 3 is 2.60 bits per heavy atom. The number of hydrogen-bond acceptors (Lipinski definition) is 3. The minimum absolute atomic E-state index is 0.167. The molecule has 106 valence electrons. The monoisotopic (exact) mass is 287 g/mol. The second-order valence-electron chi connectivity index (χ2n) is 4.69. The number of ether oxygens (including phenoxy) is 1. The zero-order valence-corrected chi connectivity index (χ0v) is 13.0. The van der Waals surface area contributed by atoms with E-state index in [1.54, 1.807) is 11.8 Å². The van der Waals surface area contributed by atoms with E-state index < -0.39 is 0 Å². The third kappa shape index (κ3) is 3.17. The maximum Gasteiger partial charge on any atom is 0.124 e. The van der Waals surface area contributed by atoms with Gasteiger partial charge >= 0.3 is 0 Å². The van der Waals surface area contributed by atoms with Crippen LogP contribution in [0.15, 0.2) is 47.4 Å². The van der Waals surface area contributed by atoms with Gasteiger partial charge in [0.2, 0.25) is 0 Å². The molecule has 0 saturated heterocycles. The minimum Gasteiger partial charge on any atom is -0.494 e. The lowest BCUT2D eigenvalue weighted by Gasteiger charge is -2.19. The average molecular weight is 287 g/mol. The Hall–Kier alpha value is -1.45. The minimum atomic E-state index is -0.167. The first kappa shape index (κ1) is 14.9. The van der Waals surface area contributed by atoms with Crippen LogP contribution in [-0.2, 0) is 0 Å². The molecule has 2 aromatic rings. The van der Waals surface area contributed by atoms with E-state index in [9.17, 15) is 0 Å². The molecule has 2 nitrogen and oxygen atoms in total. The van der Waals surface area contributed by atoms with Crippen molar-refractivity contribution in [3.8, 4) is 5.75 Å². The number of benzene rings is 2. The van der Waals surface area contributed by atoms with Crippen LogP contribution in [0.4, 0.5) is 0 Å². The van der Waals surface area contributed by atoms with Crippen molar-refractivity contribution < 1.29 is 4.74 Å². The van der Waals surface area contributed by atoms with Gasteiger partial charge in [0.25, 0.3) is 0 Å². The van der Waals surface area contributed by atoms with Crippen LogP contribution in [-0.4, -0.2) is 12.9 Å². The zero-order chi connectivity index (χ0) is 14.5. The normalized spacial score (nSPS) is 12.2. The van der Waals surface area contributed by atoms with Gasteiger partial charge in [-0.25, -0.2) is 0 Å². The predicted octanol–water partition coefficient (Wildman–Crippen LogP) is 4.16. The van der Waals surface area contributed by atoms with Crippen molar-refractivity contribution in [3.63, 3.8) is 0 Å². The van der Waals surface area contributed by atoms with Gasteiger partial charge in [0.05, 0.1) is 12.6 Å². The Balaban J connectivity index is 2.46. The highest BCUT2D eigenvalue weighted by atomic mass is 32.2. The van der Waals surface area contributed by atoms with Gasteiger partial charge in [0.1, 0.15) is 5.75 Å². The van der Waals surface area contributed by atoms with E-state index in [0.717, 1.165) is 16.9 Å². The maximum absolute atomic E-state index is 6.50. The SMILES string of the molecule is CCOc1ccc(C)cc1C(N)c1ccccc1SC. The quantitative estimate of drug-likeness (QED) is 0.839. The van der Waals surface area contributed by atoms with E-state index in [0.29, 0.717) is 6.61 Å². The summed E-state index contributed by atoms with van der Waals surface area (Å²) >= 11 is 1.72. The van der Waals surface area contributed by atoms with Crippen LogP contribution in [0.25, 0.3) is 0 Å². The molecule has 2 N–H and O–H groups in total. The highest BCUT2D eigenvalue weighted by Crippen LogP contribution is 2.33. The van der Waals surface area contributed by atoms with E-state index in [2.05, 4.69) is 37.4 Å². The summed E-state index contributed by atoms with van der Waals surface area (Å²) < 4.78 is 5.72. The third-order valence-electron chi connectivity index (χ3n) is 3.27. The van der Waals surface area contributed by atoms with Crippen molar-refractivity contribution in [1.29, 1.82) is 0 Å². The van der Waals surface area contributed by atoms with Gasteiger partial charge in [0, 0.05) is 10.5 Å². The first-order valence-corrected chi connectivity index (χ1v) is 8.01. The number of aryl methyl sites for hydroxylation is 1. The largest absolute Gasteiger partial charge is 0.494 e. The topological polar surface area (TPSA) is 35.2 Å². The first-order chi connectivity index (χ1) is 9.67. The molecule has 2 rings (SSSR count). The number of nitrogens with two attached hydrogens (primary N) is 1. The molecule has 1 atom stereocenters. The molecule has 2 aromatic carbocycles. The molecule has 20 heavy (non-hydrogen) atoms. The molecule has 0 heterocycles. The smallest absolute Gasteiger partial charge is 0.124 e. The lowest BCUT2D eigenvalue weighted by Crippen LogP contribution is -2.14. The summed E-state index contributed by atoms with van der Waals surface area (Å²) in [4.78, 5) is 1.21. The van der Waals surface area contributed by atoms with Crippen LogP contribution in [0.3, 0.4) is 0 Å². The predicted molar refractivity (Wildman–Crippen MR) is 86.6 cm³/mol. The summed E-state index contributed by atoms with van der Waals surface area (Å²) in [6, 6.07) is 14.3. The Bertz CT molecular complexity index is 583. The Labute approximate surface area is 125 Å². The second kappa shape index (κ2) is 6.82. The second-order valence-corrected chi connectivity index (χ2v) is 5.54. The molecular weight excluding hydrogens is 266 g/mol. The van der Waals surface area contributed by atoms with Gasteiger partial charge in [-0.2, -0.15) is 0 Å². The molecule has 0 spiro atoms. The van der Waals surface area contributed by atoms with Crippen molar-refractivity contribution in [2.24, 2.45) is 5.73 Å². The molecule has 0 radical (unpaired) electrons. The maximum atomic E-state index is 6.50. The van der Waals surface area contributed by atoms with Crippen LogP contribution in [0, 0.1) is 6.92 Å². The molecule has 0 aromatic heterocycles. The summed E-state index contributed by atoms with van der Waals surface area (Å²) in [5.74, 6) is 0.876. The number of thioether (sulfide) groups is 1. The lowest BCUT2D eigenvalue weighted by molar-refractivity contribution is 0.335. The Morgan fingerprint density at radius 2 is 1.90 bits per heavy atom. The van der Waals surface area contributed by atoms with Crippen LogP contribution >= 0.6 is 11.8 Å². The van der Waals surface area contributed by atoms with E-state index in [-0.39, 0.29) is 6.04 Å². The average Bonchev–Trinajstić information content (AvgIpc) is 2.48. The van der Waals surface area contributed by atoms with Crippen LogP contribution in [0.2, 0.25) is 0 Å².